The minimum atomic E-state index is -2.81. The Kier molecular flexibility index (Phi) is 2.97. The molecule has 1 aliphatic heterocycles. The van der Waals surface area contributed by atoms with Gasteiger partial charge in [-0.05, 0) is 25.0 Å². The van der Waals surface area contributed by atoms with E-state index in [0.717, 1.165) is 17.0 Å². The van der Waals surface area contributed by atoms with E-state index in [1.54, 1.807) is 0 Å². The van der Waals surface area contributed by atoms with Crippen LogP contribution >= 0.6 is 0 Å². The topological polar surface area (TPSA) is 64.0 Å². The molecule has 6 heteroatoms. The molecule has 0 aliphatic carbocycles. The Labute approximate surface area is 112 Å². The molecule has 1 aromatic heterocycles. The molecule has 5 nitrogen and oxygen atoms in total. The minimum absolute atomic E-state index is 0.194. The number of hydrogen-bond acceptors (Lipinski definition) is 4. The predicted molar refractivity (Wildman–Crippen MR) is 76.0 cm³/mol. The van der Waals surface area contributed by atoms with E-state index < -0.39 is 9.84 Å². The molecule has 0 radical (unpaired) electrons. The Morgan fingerprint density at radius 2 is 1.95 bits per heavy atom. The molecule has 0 spiro atoms. The number of nitrogens with zero attached hydrogens (tertiary/aromatic N) is 2. The van der Waals surface area contributed by atoms with Crippen molar-refractivity contribution >= 4 is 26.8 Å². The van der Waals surface area contributed by atoms with Crippen LogP contribution in [0.1, 0.15) is 12.8 Å². The van der Waals surface area contributed by atoms with Crippen LogP contribution in [0.4, 0.5) is 5.95 Å². The van der Waals surface area contributed by atoms with Crippen LogP contribution in [0.2, 0.25) is 0 Å². The smallest absolute Gasteiger partial charge is 0.203 e. The fourth-order valence-electron chi connectivity index (χ4n) is 2.49. The summed E-state index contributed by atoms with van der Waals surface area (Å²) in [5, 5.41) is 3.36. The number of nitrogens with one attached hydrogen (secondary N) is 1. The molecule has 0 unspecified atom stereocenters. The second-order valence-electron chi connectivity index (χ2n) is 5.05. The fourth-order valence-corrected chi connectivity index (χ4v) is 3.98. The van der Waals surface area contributed by atoms with E-state index in [-0.39, 0.29) is 17.5 Å². The van der Waals surface area contributed by atoms with E-state index in [4.69, 9.17) is 0 Å². The second-order valence-corrected chi connectivity index (χ2v) is 7.36. The summed E-state index contributed by atoms with van der Waals surface area (Å²) < 4.78 is 24.8. The van der Waals surface area contributed by atoms with Crippen molar-refractivity contribution in [3.05, 3.63) is 24.3 Å². The third kappa shape index (κ3) is 2.45. The number of benzene rings is 1. The third-order valence-corrected chi connectivity index (χ3v) is 5.39. The maximum atomic E-state index is 11.4. The minimum Gasteiger partial charge on any atom is -0.353 e. The van der Waals surface area contributed by atoms with Gasteiger partial charge in [-0.1, -0.05) is 12.1 Å². The maximum Gasteiger partial charge on any atom is 0.203 e. The van der Waals surface area contributed by atoms with Gasteiger partial charge in [0.15, 0.2) is 0 Å². The van der Waals surface area contributed by atoms with E-state index >= 15 is 0 Å². The van der Waals surface area contributed by atoms with Crippen molar-refractivity contribution < 1.29 is 8.42 Å². The number of imidazole rings is 1. The number of anilines is 1. The van der Waals surface area contributed by atoms with E-state index in [9.17, 15) is 8.42 Å². The number of aromatic nitrogens is 2. The van der Waals surface area contributed by atoms with Crippen LogP contribution in [0.5, 0.6) is 0 Å². The van der Waals surface area contributed by atoms with Gasteiger partial charge in [0.25, 0.3) is 0 Å². The number of aryl methyl sites for hydroxylation is 1. The molecule has 1 saturated heterocycles. The zero-order valence-electron chi connectivity index (χ0n) is 10.8. The lowest BCUT2D eigenvalue weighted by atomic mass is 10.2. The van der Waals surface area contributed by atoms with Gasteiger partial charge in [0.1, 0.15) is 9.84 Å². The summed E-state index contributed by atoms with van der Waals surface area (Å²) in [5.74, 6) is 1.36. The van der Waals surface area contributed by atoms with E-state index in [1.807, 2.05) is 35.9 Å². The van der Waals surface area contributed by atoms with Crippen LogP contribution < -0.4 is 5.32 Å². The quantitative estimate of drug-likeness (QED) is 0.906. The zero-order chi connectivity index (χ0) is 13.5. The van der Waals surface area contributed by atoms with Gasteiger partial charge in [-0.3, -0.25) is 0 Å². The molecule has 1 N–H and O–H groups in total. The number of rotatable bonds is 2. The largest absolute Gasteiger partial charge is 0.353 e. The van der Waals surface area contributed by atoms with Crippen molar-refractivity contribution in [3.8, 4) is 0 Å². The first-order valence-corrected chi connectivity index (χ1v) is 8.26. The summed E-state index contributed by atoms with van der Waals surface area (Å²) in [7, 11) is -0.840. The number of sulfone groups is 1. The average molecular weight is 279 g/mol. The number of para-hydroxylation sites is 2. The second kappa shape index (κ2) is 4.52. The summed E-state index contributed by atoms with van der Waals surface area (Å²) in [6.45, 7) is 0. The van der Waals surface area contributed by atoms with Gasteiger partial charge in [-0.2, -0.15) is 0 Å². The van der Waals surface area contributed by atoms with Gasteiger partial charge in [-0.25, -0.2) is 13.4 Å². The standard InChI is InChI=1S/C13H17N3O2S/c1-16-12-5-3-2-4-11(12)15-13(16)14-10-6-8-19(17,18)9-7-10/h2-5,10H,6-9H2,1H3,(H,14,15). The van der Waals surface area contributed by atoms with Crippen molar-refractivity contribution in [3.63, 3.8) is 0 Å². The van der Waals surface area contributed by atoms with Crippen molar-refractivity contribution in [2.75, 3.05) is 16.8 Å². The molecule has 0 saturated carbocycles. The summed E-state index contributed by atoms with van der Waals surface area (Å²) in [6.07, 6.45) is 1.32. The van der Waals surface area contributed by atoms with Crippen molar-refractivity contribution in [2.24, 2.45) is 7.05 Å². The molecular formula is C13H17N3O2S. The molecule has 2 heterocycles. The predicted octanol–water partition coefficient (Wildman–Crippen LogP) is 1.56. The van der Waals surface area contributed by atoms with Crippen molar-refractivity contribution in [1.82, 2.24) is 9.55 Å². The monoisotopic (exact) mass is 279 g/mol. The molecule has 1 fully saturated rings. The molecule has 0 bridgehead atoms. The lowest BCUT2D eigenvalue weighted by molar-refractivity contribution is 0.557. The first-order valence-electron chi connectivity index (χ1n) is 6.43. The van der Waals surface area contributed by atoms with Crippen molar-refractivity contribution in [2.45, 2.75) is 18.9 Å². The van der Waals surface area contributed by atoms with Crippen LogP contribution in [0.3, 0.4) is 0 Å². The highest BCUT2D eigenvalue weighted by atomic mass is 32.2. The lowest BCUT2D eigenvalue weighted by Gasteiger charge is -2.23. The molecule has 1 aromatic carbocycles. The average Bonchev–Trinajstić information content (AvgIpc) is 2.70. The van der Waals surface area contributed by atoms with Crippen LogP contribution in [-0.2, 0) is 16.9 Å². The highest BCUT2D eigenvalue weighted by Crippen LogP contribution is 2.21. The molecule has 0 atom stereocenters. The number of fused-ring (bicyclic) bond motifs is 1. The van der Waals surface area contributed by atoms with E-state index in [1.165, 1.54) is 0 Å². The Balaban J connectivity index is 1.81. The molecule has 3 rings (SSSR count). The van der Waals surface area contributed by atoms with Gasteiger partial charge in [0.2, 0.25) is 5.95 Å². The first kappa shape index (κ1) is 12.5. The van der Waals surface area contributed by atoms with Crippen LogP contribution in [0, 0.1) is 0 Å². The van der Waals surface area contributed by atoms with Crippen molar-refractivity contribution in [1.29, 1.82) is 0 Å². The van der Waals surface area contributed by atoms with Gasteiger partial charge < -0.3 is 9.88 Å². The fraction of sp³-hybridized carbons (Fsp3) is 0.462. The molecule has 2 aromatic rings. The summed E-state index contributed by atoms with van der Waals surface area (Å²) in [6, 6.07) is 8.15. The van der Waals surface area contributed by atoms with Gasteiger partial charge >= 0.3 is 0 Å². The van der Waals surface area contributed by atoms with Crippen LogP contribution in [0.25, 0.3) is 11.0 Å². The zero-order valence-corrected chi connectivity index (χ0v) is 11.7. The molecule has 19 heavy (non-hydrogen) atoms. The third-order valence-electron chi connectivity index (χ3n) is 3.68. The summed E-state index contributed by atoms with van der Waals surface area (Å²) in [5.41, 5.74) is 2.03. The highest BCUT2D eigenvalue weighted by Gasteiger charge is 2.24. The van der Waals surface area contributed by atoms with Gasteiger partial charge in [0, 0.05) is 13.1 Å². The molecular weight excluding hydrogens is 262 g/mol. The molecule has 1 aliphatic rings. The summed E-state index contributed by atoms with van der Waals surface area (Å²) >= 11 is 0. The molecule has 0 amide bonds. The van der Waals surface area contributed by atoms with Crippen LogP contribution in [-0.4, -0.2) is 35.5 Å². The van der Waals surface area contributed by atoms with Gasteiger partial charge in [-0.15, -0.1) is 0 Å². The normalized spacial score (nSPS) is 19.6. The first-order chi connectivity index (χ1) is 9.05. The van der Waals surface area contributed by atoms with Gasteiger partial charge in [0.05, 0.1) is 22.5 Å². The SMILES string of the molecule is Cn1c(NC2CCS(=O)(=O)CC2)nc2ccccc21. The maximum absolute atomic E-state index is 11.4. The highest BCUT2D eigenvalue weighted by molar-refractivity contribution is 7.91. The Morgan fingerprint density at radius 1 is 1.26 bits per heavy atom. The lowest BCUT2D eigenvalue weighted by Crippen LogP contribution is -2.32. The van der Waals surface area contributed by atoms with E-state index in [2.05, 4.69) is 10.3 Å². The number of hydrogen-bond donors (Lipinski definition) is 1. The Hall–Kier alpha value is -1.56. The van der Waals surface area contributed by atoms with E-state index in [0.29, 0.717) is 12.8 Å². The Morgan fingerprint density at radius 3 is 2.63 bits per heavy atom. The summed E-state index contributed by atoms with van der Waals surface area (Å²) in [4.78, 5) is 4.55. The Bertz CT molecular complexity index is 692. The van der Waals surface area contributed by atoms with Crippen LogP contribution in [0.15, 0.2) is 24.3 Å². The molecule has 102 valence electrons.